The number of methoxy groups -OCH3 is 2. The third-order valence-electron chi connectivity index (χ3n) is 2.86. The lowest BCUT2D eigenvalue weighted by Gasteiger charge is -2.07. The molecule has 0 aliphatic heterocycles. The Balaban J connectivity index is 2.30. The number of carbonyl (C=O) groups excluding carboxylic acids is 2. The highest BCUT2D eigenvalue weighted by Gasteiger charge is 2.18. The first-order valence-electron chi connectivity index (χ1n) is 5.91. The number of carbonyl (C=O) groups is 2. The first kappa shape index (κ1) is 13.8. The second-order valence-electron chi connectivity index (χ2n) is 4.06. The minimum Gasteiger partial charge on any atom is -0.497 e. The van der Waals surface area contributed by atoms with Crippen LogP contribution in [0.4, 0.5) is 0 Å². The first-order valence-corrected chi connectivity index (χ1v) is 5.91. The van der Waals surface area contributed by atoms with Crippen LogP contribution in [-0.4, -0.2) is 36.3 Å². The van der Waals surface area contributed by atoms with Crippen LogP contribution in [0.1, 0.15) is 26.4 Å². The van der Waals surface area contributed by atoms with E-state index in [2.05, 4.69) is 9.84 Å². The maximum Gasteiger partial charge on any atom is 0.357 e. The SMILES string of the molecule is COC(=O)c1c(C=O)cnn1Cc1ccc(OC)cc1. The highest BCUT2D eigenvalue weighted by Crippen LogP contribution is 2.14. The fraction of sp³-hybridized carbons (Fsp3) is 0.214. The van der Waals surface area contributed by atoms with Gasteiger partial charge < -0.3 is 9.47 Å². The van der Waals surface area contributed by atoms with Crippen molar-refractivity contribution in [3.8, 4) is 5.75 Å². The number of nitrogens with zero attached hydrogens (tertiary/aromatic N) is 2. The zero-order valence-electron chi connectivity index (χ0n) is 11.2. The summed E-state index contributed by atoms with van der Waals surface area (Å²) in [6.45, 7) is 0.363. The minimum absolute atomic E-state index is 0.151. The van der Waals surface area contributed by atoms with Gasteiger partial charge in [0.2, 0.25) is 0 Å². The van der Waals surface area contributed by atoms with Gasteiger partial charge in [0.1, 0.15) is 5.75 Å². The molecule has 0 spiro atoms. The second kappa shape index (κ2) is 6.01. The smallest absolute Gasteiger partial charge is 0.357 e. The molecule has 1 heterocycles. The van der Waals surface area contributed by atoms with E-state index in [0.29, 0.717) is 12.8 Å². The molecule has 0 aliphatic rings. The van der Waals surface area contributed by atoms with Gasteiger partial charge in [0, 0.05) is 0 Å². The Kier molecular flexibility index (Phi) is 4.14. The summed E-state index contributed by atoms with van der Waals surface area (Å²) in [5, 5.41) is 4.05. The average Bonchev–Trinajstić information content (AvgIpc) is 2.90. The molecular formula is C14H14N2O4. The summed E-state index contributed by atoms with van der Waals surface area (Å²) < 4.78 is 11.2. The van der Waals surface area contributed by atoms with Gasteiger partial charge in [0.25, 0.3) is 0 Å². The van der Waals surface area contributed by atoms with E-state index in [-0.39, 0.29) is 11.3 Å². The van der Waals surface area contributed by atoms with Gasteiger partial charge in [-0.1, -0.05) is 12.1 Å². The minimum atomic E-state index is -0.585. The number of benzene rings is 1. The highest BCUT2D eigenvalue weighted by molar-refractivity contribution is 5.96. The van der Waals surface area contributed by atoms with Crippen LogP contribution in [0.2, 0.25) is 0 Å². The molecule has 0 atom stereocenters. The van der Waals surface area contributed by atoms with Crippen molar-refractivity contribution in [2.45, 2.75) is 6.54 Å². The van der Waals surface area contributed by atoms with Crippen LogP contribution in [0, 0.1) is 0 Å². The van der Waals surface area contributed by atoms with Crippen LogP contribution >= 0.6 is 0 Å². The van der Waals surface area contributed by atoms with Crippen LogP contribution in [0.3, 0.4) is 0 Å². The zero-order valence-corrected chi connectivity index (χ0v) is 11.2. The van der Waals surface area contributed by atoms with Crippen molar-refractivity contribution < 1.29 is 19.1 Å². The molecule has 1 aromatic carbocycles. The van der Waals surface area contributed by atoms with Crippen LogP contribution < -0.4 is 4.74 Å². The molecule has 104 valence electrons. The maximum atomic E-state index is 11.7. The third-order valence-corrected chi connectivity index (χ3v) is 2.86. The van der Waals surface area contributed by atoms with Crippen molar-refractivity contribution >= 4 is 12.3 Å². The summed E-state index contributed by atoms with van der Waals surface area (Å²) in [6, 6.07) is 7.36. The van der Waals surface area contributed by atoms with Gasteiger partial charge in [-0.3, -0.25) is 9.48 Å². The standard InChI is InChI=1S/C14H14N2O4/c1-19-12-5-3-10(4-6-12)8-16-13(14(18)20-2)11(9-17)7-15-16/h3-7,9H,8H2,1-2H3. The Morgan fingerprint density at radius 1 is 1.30 bits per heavy atom. The van der Waals surface area contributed by atoms with Crippen LogP contribution in [-0.2, 0) is 11.3 Å². The Bertz CT molecular complexity index is 617. The molecule has 0 fully saturated rings. The van der Waals surface area contributed by atoms with E-state index in [0.717, 1.165) is 11.3 Å². The number of esters is 1. The number of aromatic nitrogens is 2. The fourth-order valence-corrected chi connectivity index (χ4v) is 1.83. The lowest BCUT2D eigenvalue weighted by molar-refractivity contribution is 0.0585. The van der Waals surface area contributed by atoms with Crippen LogP contribution in [0.15, 0.2) is 30.5 Å². The van der Waals surface area contributed by atoms with Gasteiger partial charge in [0.05, 0.1) is 32.5 Å². The highest BCUT2D eigenvalue weighted by atomic mass is 16.5. The lowest BCUT2D eigenvalue weighted by Crippen LogP contribution is -2.14. The molecule has 0 aliphatic carbocycles. The van der Waals surface area contributed by atoms with Crippen molar-refractivity contribution in [3.05, 3.63) is 47.3 Å². The predicted octanol–water partition coefficient (Wildman–Crippen LogP) is 1.54. The molecule has 2 rings (SSSR count). The van der Waals surface area contributed by atoms with E-state index in [9.17, 15) is 9.59 Å². The lowest BCUT2D eigenvalue weighted by atomic mass is 10.2. The summed E-state index contributed by atoms with van der Waals surface area (Å²) in [4.78, 5) is 22.6. The predicted molar refractivity (Wildman–Crippen MR) is 71.1 cm³/mol. The van der Waals surface area contributed by atoms with Crippen LogP contribution in [0.5, 0.6) is 5.75 Å². The molecule has 0 radical (unpaired) electrons. The Morgan fingerprint density at radius 3 is 2.55 bits per heavy atom. The van der Waals surface area contributed by atoms with Crippen molar-refractivity contribution in [1.82, 2.24) is 9.78 Å². The van der Waals surface area contributed by atoms with E-state index in [1.807, 2.05) is 24.3 Å². The normalized spacial score (nSPS) is 10.1. The molecule has 0 saturated heterocycles. The Hall–Kier alpha value is -2.63. The average molecular weight is 274 g/mol. The largest absolute Gasteiger partial charge is 0.497 e. The molecule has 0 unspecified atom stereocenters. The van der Waals surface area contributed by atoms with Gasteiger partial charge in [-0.05, 0) is 17.7 Å². The van der Waals surface area contributed by atoms with Crippen molar-refractivity contribution in [3.63, 3.8) is 0 Å². The third kappa shape index (κ3) is 2.69. The summed E-state index contributed by atoms with van der Waals surface area (Å²) in [7, 11) is 2.86. The number of hydrogen-bond donors (Lipinski definition) is 0. The van der Waals surface area contributed by atoms with Crippen molar-refractivity contribution in [2.75, 3.05) is 14.2 Å². The summed E-state index contributed by atoms with van der Waals surface area (Å²) in [5.41, 5.74) is 1.29. The number of aldehydes is 1. The molecule has 20 heavy (non-hydrogen) atoms. The monoisotopic (exact) mass is 274 g/mol. The molecule has 1 aromatic heterocycles. The number of rotatable bonds is 5. The second-order valence-corrected chi connectivity index (χ2v) is 4.06. The van der Waals surface area contributed by atoms with E-state index >= 15 is 0 Å². The zero-order chi connectivity index (χ0) is 14.5. The van der Waals surface area contributed by atoms with Gasteiger partial charge in [0.15, 0.2) is 12.0 Å². The van der Waals surface area contributed by atoms with Gasteiger partial charge in [-0.15, -0.1) is 0 Å². The molecule has 0 bridgehead atoms. The molecular weight excluding hydrogens is 260 g/mol. The number of hydrogen-bond acceptors (Lipinski definition) is 5. The number of ether oxygens (including phenoxy) is 2. The molecule has 0 saturated carbocycles. The van der Waals surface area contributed by atoms with Crippen molar-refractivity contribution in [2.24, 2.45) is 0 Å². The molecule has 2 aromatic rings. The molecule has 6 heteroatoms. The van der Waals surface area contributed by atoms with E-state index in [4.69, 9.17) is 4.74 Å². The van der Waals surface area contributed by atoms with E-state index in [1.54, 1.807) is 7.11 Å². The van der Waals surface area contributed by atoms with E-state index in [1.165, 1.54) is 18.0 Å². The molecule has 6 nitrogen and oxygen atoms in total. The van der Waals surface area contributed by atoms with Gasteiger partial charge in [-0.2, -0.15) is 5.10 Å². The Morgan fingerprint density at radius 2 is 2.00 bits per heavy atom. The molecule has 0 amide bonds. The topological polar surface area (TPSA) is 70.4 Å². The summed E-state index contributed by atoms with van der Waals surface area (Å²) >= 11 is 0. The van der Waals surface area contributed by atoms with Crippen molar-refractivity contribution in [1.29, 1.82) is 0 Å². The quantitative estimate of drug-likeness (QED) is 0.611. The fourth-order valence-electron chi connectivity index (χ4n) is 1.83. The summed E-state index contributed by atoms with van der Waals surface area (Å²) in [6.07, 6.45) is 1.94. The van der Waals surface area contributed by atoms with Gasteiger partial charge >= 0.3 is 5.97 Å². The molecule has 0 N–H and O–H groups in total. The van der Waals surface area contributed by atoms with Gasteiger partial charge in [-0.25, -0.2) is 4.79 Å². The first-order chi connectivity index (χ1) is 9.69. The maximum absolute atomic E-state index is 11.7. The van der Waals surface area contributed by atoms with Crippen LogP contribution in [0.25, 0.3) is 0 Å². The Labute approximate surface area is 115 Å². The summed E-state index contributed by atoms with van der Waals surface area (Å²) in [5.74, 6) is 0.161. The van der Waals surface area contributed by atoms with E-state index < -0.39 is 5.97 Å².